The number of nitrogens with zero attached hydrogens (tertiary/aromatic N) is 3. The van der Waals surface area contributed by atoms with Gasteiger partial charge in [0.15, 0.2) is 5.69 Å². The van der Waals surface area contributed by atoms with Gasteiger partial charge in [-0.25, -0.2) is 14.3 Å². The summed E-state index contributed by atoms with van der Waals surface area (Å²) in [7, 11) is 1.30. The summed E-state index contributed by atoms with van der Waals surface area (Å²) < 4.78 is 6.14. The van der Waals surface area contributed by atoms with Gasteiger partial charge < -0.3 is 9.84 Å². The lowest BCUT2D eigenvalue weighted by Gasteiger charge is -2.10. The second-order valence-corrected chi connectivity index (χ2v) is 5.24. The Bertz CT molecular complexity index is 707. The van der Waals surface area contributed by atoms with E-state index in [1.165, 1.54) is 11.8 Å². The van der Waals surface area contributed by atoms with Crippen LogP contribution in [0.2, 0.25) is 0 Å². The molecule has 1 aromatic carbocycles. The Morgan fingerprint density at radius 2 is 2.09 bits per heavy atom. The molecule has 0 aliphatic rings. The highest BCUT2D eigenvalue weighted by Gasteiger charge is 2.21. The highest BCUT2D eigenvalue weighted by atomic mass is 16.5. The Balaban J connectivity index is 2.52. The summed E-state index contributed by atoms with van der Waals surface area (Å²) >= 11 is 0. The molecule has 0 unspecified atom stereocenters. The van der Waals surface area contributed by atoms with Crippen molar-refractivity contribution in [3.8, 4) is 5.69 Å². The summed E-state index contributed by atoms with van der Waals surface area (Å²) in [6.07, 6.45) is 0.511. The normalized spacial score (nSPS) is 10.7. The van der Waals surface area contributed by atoms with E-state index in [4.69, 9.17) is 0 Å². The van der Waals surface area contributed by atoms with Crippen molar-refractivity contribution in [3.05, 3.63) is 41.2 Å². The number of carboxylic acids is 1. The third kappa shape index (κ3) is 3.13. The van der Waals surface area contributed by atoms with Crippen molar-refractivity contribution in [2.45, 2.75) is 20.3 Å². The molecule has 2 aromatic rings. The van der Waals surface area contributed by atoms with E-state index in [0.717, 1.165) is 0 Å². The van der Waals surface area contributed by atoms with Gasteiger partial charge in [-0.2, -0.15) is 0 Å². The fraction of sp³-hybridized carbons (Fsp3) is 0.333. The number of aromatic nitrogens is 3. The van der Waals surface area contributed by atoms with Crippen molar-refractivity contribution in [3.63, 3.8) is 0 Å². The highest BCUT2D eigenvalue weighted by Crippen LogP contribution is 2.18. The molecule has 22 heavy (non-hydrogen) atoms. The molecular formula is C15H17N3O4. The number of esters is 1. The maximum atomic E-state index is 11.6. The molecule has 2 rings (SSSR count). The van der Waals surface area contributed by atoms with E-state index < -0.39 is 11.9 Å². The fourth-order valence-corrected chi connectivity index (χ4v) is 2.13. The summed E-state index contributed by atoms with van der Waals surface area (Å²) in [5, 5.41) is 16.9. The third-order valence-electron chi connectivity index (χ3n) is 3.08. The quantitative estimate of drug-likeness (QED) is 0.848. The van der Waals surface area contributed by atoms with Crippen LogP contribution in [-0.4, -0.2) is 39.1 Å². The van der Waals surface area contributed by atoms with Crippen LogP contribution in [0.15, 0.2) is 24.3 Å². The minimum absolute atomic E-state index is 0.0721. The number of carbonyl (C=O) groups is 2. The monoisotopic (exact) mass is 303 g/mol. The summed E-state index contributed by atoms with van der Waals surface area (Å²) in [4.78, 5) is 22.9. The van der Waals surface area contributed by atoms with Crippen molar-refractivity contribution >= 4 is 11.9 Å². The lowest BCUT2D eigenvalue weighted by molar-refractivity contribution is 0.0599. The van der Waals surface area contributed by atoms with Crippen molar-refractivity contribution in [1.82, 2.24) is 15.0 Å². The minimum atomic E-state index is -1.12. The van der Waals surface area contributed by atoms with Crippen LogP contribution in [0.4, 0.5) is 0 Å². The molecule has 0 bridgehead atoms. The Kier molecular flexibility index (Phi) is 4.55. The van der Waals surface area contributed by atoms with Crippen molar-refractivity contribution < 1.29 is 19.4 Å². The molecule has 0 aliphatic heterocycles. The van der Waals surface area contributed by atoms with Gasteiger partial charge in [-0.15, -0.1) is 5.10 Å². The molecule has 1 N–H and O–H groups in total. The molecule has 0 saturated carbocycles. The number of aromatic carboxylic acids is 1. The number of methoxy groups -OCH3 is 1. The van der Waals surface area contributed by atoms with E-state index in [-0.39, 0.29) is 11.6 Å². The molecule has 0 radical (unpaired) electrons. The topological polar surface area (TPSA) is 94.3 Å². The van der Waals surface area contributed by atoms with Crippen molar-refractivity contribution in [1.29, 1.82) is 0 Å². The highest BCUT2D eigenvalue weighted by molar-refractivity contribution is 5.90. The Morgan fingerprint density at radius 3 is 2.68 bits per heavy atom. The smallest absolute Gasteiger partial charge is 0.358 e. The average molecular weight is 303 g/mol. The van der Waals surface area contributed by atoms with Gasteiger partial charge in [0.25, 0.3) is 0 Å². The van der Waals surface area contributed by atoms with Gasteiger partial charge in [0, 0.05) is 0 Å². The number of benzene rings is 1. The van der Waals surface area contributed by atoms with Gasteiger partial charge in [0.05, 0.1) is 24.1 Å². The molecule has 1 heterocycles. The molecule has 0 spiro atoms. The van der Waals surface area contributed by atoms with Crippen molar-refractivity contribution in [2.75, 3.05) is 7.11 Å². The van der Waals surface area contributed by atoms with Crippen LogP contribution in [0.1, 0.15) is 40.4 Å². The summed E-state index contributed by atoms with van der Waals surface area (Å²) in [5.74, 6) is -1.35. The van der Waals surface area contributed by atoms with Gasteiger partial charge in [0.1, 0.15) is 0 Å². The lowest BCUT2D eigenvalue weighted by Crippen LogP contribution is -2.10. The zero-order chi connectivity index (χ0) is 16.3. The van der Waals surface area contributed by atoms with E-state index >= 15 is 0 Å². The van der Waals surface area contributed by atoms with Crippen molar-refractivity contribution in [2.24, 2.45) is 5.92 Å². The Labute approximate surface area is 127 Å². The standard InChI is InChI=1S/C15H17N3O4/c1-9(2)7-12-13(14(19)20)16-17-18(12)11-6-4-5-10(8-11)15(21)22-3/h4-6,8-9H,7H2,1-3H3,(H,19,20). The van der Waals surface area contributed by atoms with E-state index in [2.05, 4.69) is 15.0 Å². The van der Waals surface area contributed by atoms with E-state index in [1.807, 2.05) is 13.8 Å². The number of carboxylic acid groups (broad SMARTS) is 1. The first-order valence-electron chi connectivity index (χ1n) is 6.80. The van der Waals surface area contributed by atoms with Crippen LogP contribution in [0.3, 0.4) is 0 Å². The number of ether oxygens (including phenoxy) is 1. The molecular weight excluding hydrogens is 286 g/mol. The number of rotatable bonds is 5. The van der Waals surface area contributed by atoms with E-state index in [0.29, 0.717) is 23.4 Å². The predicted molar refractivity (Wildman–Crippen MR) is 78.2 cm³/mol. The molecule has 0 aliphatic carbocycles. The molecule has 116 valence electrons. The van der Waals surface area contributed by atoms with Crippen LogP contribution in [-0.2, 0) is 11.2 Å². The number of hydrogen-bond donors (Lipinski definition) is 1. The molecule has 0 atom stereocenters. The summed E-state index contributed by atoms with van der Waals surface area (Å²) in [5.41, 5.74) is 1.36. The third-order valence-corrected chi connectivity index (χ3v) is 3.08. The second-order valence-electron chi connectivity index (χ2n) is 5.24. The second kappa shape index (κ2) is 6.38. The first kappa shape index (κ1) is 15.7. The first-order chi connectivity index (χ1) is 10.4. The Hall–Kier alpha value is -2.70. The number of carbonyl (C=O) groups excluding carboxylic acids is 1. The molecule has 1 aromatic heterocycles. The maximum absolute atomic E-state index is 11.6. The zero-order valence-electron chi connectivity index (χ0n) is 12.6. The van der Waals surface area contributed by atoms with Gasteiger partial charge in [-0.05, 0) is 30.5 Å². The van der Waals surface area contributed by atoms with Crippen LogP contribution < -0.4 is 0 Å². The lowest BCUT2D eigenvalue weighted by atomic mass is 10.1. The molecule has 0 fully saturated rings. The van der Waals surface area contributed by atoms with Gasteiger partial charge in [-0.3, -0.25) is 0 Å². The average Bonchev–Trinajstić information content (AvgIpc) is 2.89. The van der Waals surface area contributed by atoms with Gasteiger partial charge >= 0.3 is 11.9 Å². The van der Waals surface area contributed by atoms with Gasteiger partial charge in [-0.1, -0.05) is 25.1 Å². The zero-order valence-corrected chi connectivity index (χ0v) is 12.6. The summed E-state index contributed by atoms with van der Waals surface area (Å²) in [6.45, 7) is 3.96. The fourth-order valence-electron chi connectivity index (χ4n) is 2.13. The maximum Gasteiger partial charge on any atom is 0.358 e. The minimum Gasteiger partial charge on any atom is -0.476 e. The molecule has 7 nitrogen and oxygen atoms in total. The molecule has 0 saturated heterocycles. The SMILES string of the molecule is COC(=O)c1cccc(-n2nnc(C(=O)O)c2CC(C)C)c1. The van der Waals surface area contributed by atoms with E-state index in [1.54, 1.807) is 24.3 Å². The molecule has 0 amide bonds. The number of hydrogen-bond acceptors (Lipinski definition) is 5. The predicted octanol–water partition coefficient (Wildman–Crippen LogP) is 1.95. The Morgan fingerprint density at radius 1 is 1.36 bits per heavy atom. The van der Waals surface area contributed by atoms with Crippen LogP contribution in [0.5, 0.6) is 0 Å². The van der Waals surface area contributed by atoms with Crippen LogP contribution >= 0.6 is 0 Å². The van der Waals surface area contributed by atoms with E-state index in [9.17, 15) is 14.7 Å². The van der Waals surface area contributed by atoms with Crippen LogP contribution in [0.25, 0.3) is 5.69 Å². The van der Waals surface area contributed by atoms with Gasteiger partial charge in [0.2, 0.25) is 0 Å². The van der Waals surface area contributed by atoms with Crippen LogP contribution in [0, 0.1) is 5.92 Å². The first-order valence-corrected chi connectivity index (χ1v) is 6.80. The summed E-state index contributed by atoms with van der Waals surface area (Å²) in [6, 6.07) is 6.63. The largest absolute Gasteiger partial charge is 0.476 e. The molecule has 7 heteroatoms.